The first-order valence-electron chi connectivity index (χ1n) is 8.00. The largest absolute Gasteiger partial charge is 0.336 e. The minimum absolute atomic E-state index is 0.0435. The molecule has 1 aromatic rings. The zero-order chi connectivity index (χ0) is 17.2. The van der Waals surface area contributed by atoms with Crippen molar-refractivity contribution in [2.45, 2.75) is 39.2 Å². The van der Waals surface area contributed by atoms with Crippen molar-refractivity contribution in [3.8, 4) is 0 Å². The Hall–Kier alpha value is -1.40. The quantitative estimate of drug-likeness (QED) is 0.827. The number of nitrogens with zero attached hydrogens (tertiary/aromatic N) is 2. The normalized spacial score (nSPS) is 18.7. The fourth-order valence-corrected chi connectivity index (χ4v) is 3.86. The van der Waals surface area contributed by atoms with Crippen LogP contribution in [0.1, 0.15) is 42.0 Å². The van der Waals surface area contributed by atoms with E-state index in [1.165, 1.54) is 35.1 Å². The number of carbonyl (C=O) groups is 1. The number of rotatable bonds is 5. The average molecular weight is 338 g/mol. The SMILES string of the molecule is Cc1cccc(C2CCCN2C(=O)CCS(=O)(=O)N(C)C)c1C. The molecule has 6 heteroatoms. The molecular formula is C17H26N2O3S. The van der Waals surface area contributed by atoms with Gasteiger partial charge in [0.1, 0.15) is 0 Å². The van der Waals surface area contributed by atoms with E-state index in [2.05, 4.69) is 26.0 Å². The second kappa shape index (κ2) is 7.01. The third-order valence-corrected chi connectivity index (χ3v) is 6.54. The van der Waals surface area contributed by atoms with E-state index in [1.54, 1.807) is 0 Å². The molecule has 1 heterocycles. The number of hydrogen-bond donors (Lipinski definition) is 0. The molecule has 0 spiro atoms. The fraction of sp³-hybridized carbons (Fsp3) is 0.588. The topological polar surface area (TPSA) is 57.7 Å². The maximum atomic E-state index is 12.5. The molecule has 23 heavy (non-hydrogen) atoms. The van der Waals surface area contributed by atoms with E-state index in [9.17, 15) is 13.2 Å². The van der Waals surface area contributed by atoms with Crippen molar-refractivity contribution < 1.29 is 13.2 Å². The Bertz CT molecular complexity index is 683. The molecular weight excluding hydrogens is 312 g/mol. The maximum absolute atomic E-state index is 12.5. The van der Waals surface area contributed by atoms with Gasteiger partial charge in [0.05, 0.1) is 11.8 Å². The van der Waals surface area contributed by atoms with Crippen LogP contribution in [0.3, 0.4) is 0 Å². The van der Waals surface area contributed by atoms with Crippen LogP contribution in [0, 0.1) is 13.8 Å². The van der Waals surface area contributed by atoms with Gasteiger partial charge >= 0.3 is 0 Å². The summed E-state index contributed by atoms with van der Waals surface area (Å²) in [6.45, 7) is 4.87. The molecule has 1 unspecified atom stereocenters. The Morgan fingerprint density at radius 1 is 1.30 bits per heavy atom. The lowest BCUT2D eigenvalue weighted by Crippen LogP contribution is -2.34. The zero-order valence-corrected chi connectivity index (χ0v) is 15.2. The summed E-state index contributed by atoms with van der Waals surface area (Å²) in [4.78, 5) is 14.4. The second-order valence-corrected chi connectivity index (χ2v) is 8.69. The molecule has 128 valence electrons. The standard InChI is InChI=1S/C17H26N2O3S/c1-13-7-5-8-15(14(13)2)16-9-6-11-19(16)17(20)10-12-23(21,22)18(3)4/h5,7-8,16H,6,9-12H2,1-4H3. The van der Waals surface area contributed by atoms with Gasteiger partial charge in [0.15, 0.2) is 0 Å². The molecule has 0 N–H and O–H groups in total. The van der Waals surface area contributed by atoms with Crippen molar-refractivity contribution >= 4 is 15.9 Å². The highest BCUT2D eigenvalue weighted by atomic mass is 32.2. The molecule has 0 bridgehead atoms. The molecule has 0 radical (unpaired) electrons. The summed E-state index contributed by atoms with van der Waals surface area (Å²) >= 11 is 0. The lowest BCUT2D eigenvalue weighted by molar-refractivity contribution is -0.131. The molecule has 1 aliphatic heterocycles. The van der Waals surface area contributed by atoms with Crippen molar-refractivity contribution in [3.63, 3.8) is 0 Å². The first-order valence-corrected chi connectivity index (χ1v) is 9.60. The van der Waals surface area contributed by atoms with Gasteiger partial charge in [-0.2, -0.15) is 0 Å². The second-order valence-electron chi connectivity index (χ2n) is 6.38. The van der Waals surface area contributed by atoms with Crippen molar-refractivity contribution in [1.29, 1.82) is 0 Å². The van der Waals surface area contributed by atoms with Crippen LogP contribution < -0.4 is 0 Å². The van der Waals surface area contributed by atoms with Gasteiger partial charge in [0, 0.05) is 27.1 Å². The van der Waals surface area contributed by atoms with Crippen molar-refractivity contribution in [1.82, 2.24) is 9.21 Å². The summed E-state index contributed by atoms with van der Waals surface area (Å²) in [7, 11) is -0.345. The van der Waals surface area contributed by atoms with Crippen LogP contribution in [0.2, 0.25) is 0 Å². The minimum atomic E-state index is -3.33. The number of hydrogen-bond acceptors (Lipinski definition) is 3. The number of aryl methyl sites for hydroxylation is 1. The van der Waals surface area contributed by atoms with Crippen LogP contribution in [-0.2, 0) is 14.8 Å². The van der Waals surface area contributed by atoms with Crippen molar-refractivity contribution in [2.75, 3.05) is 26.4 Å². The summed E-state index contributed by atoms with van der Waals surface area (Å²) < 4.78 is 24.9. The summed E-state index contributed by atoms with van der Waals surface area (Å²) in [5.41, 5.74) is 3.63. The molecule has 1 atom stereocenters. The Labute approximate surface area is 139 Å². The van der Waals surface area contributed by atoms with E-state index in [4.69, 9.17) is 0 Å². The lowest BCUT2D eigenvalue weighted by Gasteiger charge is -2.27. The first-order chi connectivity index (χ1) is 10.7. The monoisotopic (exact) mass is 338 g/mol. The molecule has 0 aliphatic carbocycles. The van der Waals surface area contributed by atoms with Gasteiger partial charge in [0.2, 0.25) is 15.9 Å². The smallest absolute Gasteiger partial charge is 0.224 e. The number of amides is 1. The van der Waals surface area contributed by atoms with Gasteiger partial charge in [-0.1, -0.05) is 18.2 Å². The molecule has 1 fully saturated rings. The van der Waals surface area contributed by atoms with Gasteiger partial charge in [0.25, 0.3) is 0 Å². The number of carbonyl (C=O) groups excluding carboxylic acids is 1. The molecule has 1 amide bonds. The van der Waals surface area contributed by atoms with Crippen LogP contribution >= 0.6 is 0 Å². The number of benzene rings is 1. The third kappa shape index (κ3) is 3.93. The van der Waals surface area contributed by atoms with E-state index >= 15 is 0 Å². The molecule has 0 aromatic heterocycles. The van der Waals surface area contributed by atoms with E-state index < -0.39 is 10.0 Å². The Morgan fingerprint density at radius 3 is 2.65 bits per heavy atom. The highest BCUT2D eigenvalue weighted by Crippen LogP contribution is 2.34. The van der Waals surface area contributed by atoms with E-state index in [0.717, 1.165) is 12.8 Å². The summed E-state index contributed by atoms with van der Waals surface area (Å²) in [6.07, 6.45) is 1.95. The van der Waals surface area contributed by atoms with Crippen LogP contribution in [-0.4, -0.2) is 49.9 Å². The minimum Gasteiger partial charge on any atom is -0.336 e. The number of sulfonamides is 1. The molecule has 5 nitrogen and oxygen atoms in total. The zero-order valence-electron chi connectivity index (χ0n) is 14.4. The Morgan fingerprint density at radius 2 is 2.00 bits per heavy atom. The summed E-state index contributed by atoms with van der Waals surface area (Å²) in [5.74, 6) is -0.201. The summed E-state index contributed by atoms with van der Waals surface area (Å²) in [6, 6.07) is 6.25. The first kappa shape index (κ1) is 17.9. The molecule has 1 aliphatic rings. The summed E-state index contributed by atoms with van der Waals surface area (Å²) in [5, 5.41) is 0. The lowest BCUT2D eigenvalue weighted by atomic mass is 9.96. The van der Waals surface area contributed by atoms with E-state index in [-0.39, 0.29) is 24.1 Å². The Balaban J connectivity index is 2.13. The highest BCUT2D eigenvalue weighted by Gasteiger charge is 2.31. The average Bonchev–Trinajstić information content (AvgIpc) is 2.97. The van der Waals surface area contributed by atoms with Gasteiger partial charge in [-0.3, -0.25) is 4.79 Å². The van der Waals surface area contributed by atoms with Crippen LogP contribution in [0.25, 0.3) is 0 Å². The number of likely N-dealkylation sites (tertiary alicyclic amines) is 1. The van der Waals surface area contributed by atoms with Crippen LogP contribution in [0.15, 0.2) is 18.2 Å². The highest BCUT2D eigenvalue weighted by molar-refractivity contribution is 7.89. The van der Waals surface area contributed by atoms with Gasteiger partial charge in [-0.15, -0.1) is 0 Å². The van der Waals surface area contributed by atoms with Crippen LogP contribution in [0.4, 0.5) is 0 Å². The molecule has 1 aromatic carbocycles. The van der Waals surface area contributed by atoms with Gasteiger partial charge in [-0.25, -0.2) is 12.7 Å². The fourth-order valence-electron chi connectivity index (χ4n) is 3.07. The molecule has 0 saturated carbocycles. The molecule has 2 rings (SSSR count). The van der Waals surface area contributed by atoms with E-state index in [1.807, 2.05) is 11.0 Å². The van der Waals surface area contributed by atoms with Gasteiger partial charge < -0.3 is 4.90 Å². The van der Waals surface area contributed by atoms with Gasteiger partial charge in [-0.05, 0) is 43.4 Å². The van der Waals surface area contributed by atoms with Crippen LogP contribution in [0.5, 0.6) is 0 Å². The third-order valence-electron chi connectivity index (χ3n) is 4.71. The maximum Gasteiger partial charge on any atom is 0.224 e. The predicted molar refractivity (Wildman–Crippen MR) is 91.7 cm³/mol. The Kier molecular flexibility index (Phi) is 5.47. The predicted octanol–water partition coefficient (Wildman–Crippen LogP) is 2.25. The molecule has 1 saturated heterocycles. The van der Waals surface area contributed by atoms with E-state index in [0.29, 0.717) is 6.54 Å². The van der Waals surface area contributed by atoms with Crippen molar-refractivity contribution in [3.05, 3.63) is 34.9 Å². The van der Waals surface area contributed by atoms with Crippen molar-refractivity contribution in [2.24, 2.45) is 0 Å².